The molecule has 2 aliphatic heterocycles. The van der Waals surface area contributed by atoms with Crippen molar-refractivity contribution in [2.75, 3.05) is 29.5 Å². The lowest BCUT2D eigenvalue weighted by Crippen LogP contribution is -2.46. The number of amides is 1. The Bertz CT molecular complexity index is 540. The van der Waals surface area contributed by atoms with E-state index >= 15 is 0 Å². The summed E-state index contributed by atoms with van der Waals surface area (Å²) < 4.78 is 19.0. The first kappa shape index (κ1) is 17.4. The maximum atomic E-state index is 13.3. The van der Waals surface area contributed by atoms with Crippen LogP contribution in [0, 0.1) is 5.82 Å². The molecule has 4 nitrogen and oxygen atoms in total. The zero-order valence-corrected chi connectivity index (χ0v) is 14.0. The average molecular weight is 347 g/mol. The Labute approximate surface area is 140 Å². The molecule has 2 aliphatic rings. The third-order valence-corrected chi connectivity index (χ3v) is 4.83. The van der Waals surface area contributed by atoms with E-state index in [1.54, 1.807) is 11.0 Å². The number of thioether (sulfide) groups is 1. The molecule has 0 spiro atoms. The Balaban J connectivity index is 0.00000176. The molecule has 2 heterocycles. The maximum Gasteiger partial charge on any atom is 0.228 e. The van der Waals surface area contributed by atoms with Crippen LogP contribution >= 0.6 is 24.2 Å². The molecular weight excluding hydrogens is 327 g/mol. The molecule has 3 rings (SSSR count). The highest BCUT2D eigenvalue weighted by atomic mass is 35.5. The van der Waals surface area contributed by atoms with Crippen LogP contribution in [0.1, 0.15) is 13.3 Å². The fraction of sp³-hybridized carbons (Fsp3) is 0.533. The molecule has 0 aliphatic carbocycles. The molecule has 2 atom stereocenters. The monoisotopic (exact) mass is 346 g/mol. The number of nitrogens with zero attached hydrogens (tertiary/aromatic N) is 1. The van der Waals surface area contributed by atoms with E-state index in [1.165, 1.54) is 12.1 Å². The molecule has 1 fully saturated rings. The van der Waals surface area contributed by atoms with E-state index < -0.39 is 0 Å². The van der Waals surface area contributed by atoms with Gasteiger partial charge in [0.05, 0.1) is 12.2 Å². The number of halogens is 2. The van der Waals surface area contributed by atoms with Crippen molar-refractivity contribution in [2.24, 2.45) is 0 Å². The molecule has 1 aromatic rings. The van der Waals surface area contributed by atoms with Crippen LogP contribution in [0.5, 0.6) is 5.75 Å². The molecule has 122 valence electrons. The van der Waals surface area contributed by atoms with Gasteiger partial charge in [-0.05, 0) is 19.1 Å². The molecule has 0 bridgehead atoms. The second-order valence-electron chi connectivity index (χ2n) is 5.47. The van der Waals surface area contributed by atoms with E-state index in [2.05, 4.69) is 5.32 Å². The number of hydrogen-bond acceptors (Lipinski definition) is 4. The lowest BCUT2D eigenvalue weighted by atomic mass is 10.1. The van der Waals surface area contributed by atoms with Gasteiger partial charge in [-0.1, -0.05) is 0 Å². The van der Waals surface area contributed by atoms with E-state index in [4.69, 9.17) is 4.74 Å². The molecule has 1 amide bonds. The molecule has 1 aromatic carbocycles. The first-order chi connectivity index (χ1) is 10.1. The number of ether oxygens (including phenoxy) is 1. The summed E-state index contributed by atoms with van der Waals surface area (Å²) >= 11 is 1.87. The smallest absolute Gasteiger partial charge is 0.228 e. The molecule has 0 radical (unpaired) electrons. The number of fused-ring (bicyclic) bond motifs is 1. The number of hydrogen-bond donors (Lipinski definition) is 1. The fourth-order valence-electron chi connectivity index (χ4n) is 2.72. The Hall–Kier alpha value is -0.980. The van der Waals surface area contributed by atoms with Gasteiger partial charge < -0.3 is 15.0 Å². The van der Waals surface area contributed by atoms with Crippen molar-refractivity contribution in [3.8, 4) is 5.75 Å². The fourth-order valence-corrected chi connectivity index (χ4v) is 3.67. The average Bonchev–Trinajstić information content (AvgIpc) is 2.47. The number of benzene rings is 1. The van der Waals surface area contributed by atoms with Gasteiger partial charge in [-0.2, -0.15) is 11.8 Å². The third-order valence-electron chi connectivity index (χ3n) is 3.70. The number of anilines is 1. The van der Waals surface area contributed by atoms with E-state index in [0.717, 1.165) is 18.1 Å². The minimum atomic E-state index is -0.347. The van der Waals surface area contributed by atoms with Gasteiger partial charge in [0.1, 0.15) is 17.7 Å². The standard InChI is InChI=1S/C15H19FN2O2S.ClH/c1-10-8-18(13-3-2-11(16)6-14(13)20-10)15(19)7-12-9-21-5-4-17-12;/h2-3,6,10,12,17H,4-5,7-9H2,1H3;1H. The summed E-state index contributed by atoms with van der Waals surface area (Å²) in [6, 6.07) is 4.56. The highest BCUT2D eigenvalue weighted by Crippen LogP contribution is 2.34. The van der Waals surface area contributed by atoms with Crippen LogP contribution in [0.3, 0.4) is 0 Å². The molecule has 2 unspecified atom stereocenters. The van der Waals surface area contributed by atoms with Crippen molar-refractivity contribution in [1.82, 2.24) is 5.32 Å². The van der Waals surface area contributed by atoms with Crippen LogP contribution in [0.25, 0.3) is 0 Å². The lowest BCUT2D eigenvalue weighted by Gasteiger charge is -2.34. The van der Waals surface area contributed by atoms with Gasteiger partial charge in [0.2, 0.25) is 5.91 Å². The molecule has 7 heteroatoms. The van der Waals surface area contributed by atoms with E-state index in [9.17, 15) is 9.18 Å². The minimum Gasteiger partial charge on any atom is -0.487 e. The highest BCUT2D eigenvalue weighted by Gasteiger charge is 2.29. The number of carbonyl (C=O) groups is 1. The first-order valence-corrected chi connectivity index (χ1v) is 8.36. The predicted molar refractivity (Wildman–Crippen MR) is 89.8 cm³/mol. The van der Waals surface area contributed by atoms with Crippen LogP contribution in [0.15, 0.2) is 18.2 Å². The lowest BCUT2D eigenvalue weighted by molar-refractivity contribution is -0.119. The van der Waals surface area contributed by atoms with Gasteiger partial charge in [-0.3, -0.25) is 4.79 Å². The van der Waals surface area contributed by atoms with Crippen molar-refractivity contribution in [2.45, 2.75) is 25.5 Å². The molecular formula is C15H20ClFN2O2S. The zero-order valence-electron chi connectivity index (χ0n) is 12.4. The van der Waals surface area contributed by atoms with Crippen LogP contribution in [0.2, 0.25) is 0 Å². The van der Waals surface area contributed by atoms with Crippen LogP contribution < -0.4 is 15.0 Å². The highest BCUT2D eigenvalue weighted by molar-refractivity contribution is 7.99. The topological polar surface area (TPSA) is 41.6 Å². The van der Waals surface area contributed by atoms with Crippen molar-refractivity contribution >= 4 is 35.8 Å². The van der Waals surface area contributed by atoms with Gasteiger partial charge in [-0.15, -0.1) is 12.4 Å². The largest absolute Gasteiger partial charge is 0.487 e. The molecule has 0 saturated carbocycles. The quantitative estimate of drug-likeness (QED) is 0.893. The van der Waals surface area contributed by atoms with Crippen molar-refractivity contribution < 1.29 is 13.9 Å². The van der Waals surface area contributed by atoms with Crippen molar-refractivity contribution in [3.05, 3.63) is 24.0 Å². The number of carbonyl (C=O) groups excluding carboxylic acids is 1. The first-order valence-electron chi connectivity index (χ1n) is 7.21. The van der Waals surface area contributed by atoms with Gasteiger partial charge in [0, 0.05) is 36.6 Å². The zero-order chi connectivity index (χ0) is 14.8. The third kappa shape index (κ3) is 3.86. The Morgan fingerprint density at radius 2 is 2.36 bits per heavy atom. The Kier molecular flexibility index (Phi) is 5.94. The summed E-state index contributed by atoms with van der Waals surface area (Å²) in [7, 11) is 0. The number of nitrogens with one attached hydrogen (secondary N) is 1. The summed E-state index contributed by atoms with van der Waals surface area (Å²) in [5.74, 6) is 2.23. The van der Waals surface area contributed by atoms with E-state index in [-0.39, 0.29) is 36.3 Å². The molecule has 1 N–H and O–H groups in total. The summed E-state index contributed by atoms with van der Waals surface area (Å²) in [4.78, 5) is 14.3. The second-order valence-corrected chi connectivity index (χ2v) is 6.62. The molecule has 22 heavy (non-hydrogen) atoms. The molecule has 1 saturated heterocycles. The van der Waals surface area contributed by atoms with E-state index in [1.807, 2.05) is 18.7 Å². The van der Waals surface area contributed by atoms with Crippen LogP contribution in [-0.4, -0.2) is 42.6 Å². The van der Waals surface area contributed by atoms with Crippen LogP contribution in [-0.2, 0) is 4.79 Å². The summed E-state index contributed by atoms with van der Waals surface area (Å²) in [5, 5.41) is 3.37. The minimum absolute atomic E-state index is 0. The predicted octanol–water partition coefficient (Wildman–Crippen LogP) is 2.46. The van der Waals surface area contributed by atoms with E-state index in [0.29, 0.717) is 24.4 Å². The van der Waals surface area contributed by atoms with Crippen molar-refractivity contribution in [1.29, 1.82) is 0 Å². The second kappa shape index (κ2) is 7.53. The maximum absolute atomic E-state index is 13.3. The SMILES string of the molecule is CC1CN(C(=O)CC2CSCCN2)c2ccc(F)cc2O1.Cl. The van der Waals surface area contributed by atoms with Crippen LogP contribution in [0.4, 0.5) is 10.1 Å². The van der Waals surface area contributed by atoms with Gasteiger partial charge in [0.25, 0.3) is 0 Å². The van der Waals surface area contributed by atoms with Gasteiger partial charge in [0.15, 0.2) is 0 Å². The normalized spacial score (nSPS) is 24.0. The number of rotatable bonds is 2. The van der Waals surface area contributed by atoms with Gasteiger partial charge >= 0.3 is 0 Å². The summed E-state index contributed by atoms with van der Waals surface area (Å²) in [6.45, 7) is 3.35. The summed E-state index contributed by atoms with van der Waals surface area (Å²) in [5.41, 5.74) is 0.669. The molecule has 0 aromatic heterocycles. The van der Waals surface area contributed by atoms with Crippen molar-refractivity contribution in [3.63, 3.8) is 0 Å². The Morgan fingerprint density at radius 3 is 3.09 bits per heavy atom. The summed E-state index contributed by atoms with van der Waals surface area (Å²) in [6.07, 6.45) is 0.341. The Morgan fingerprint density at radius 1 is 1.55 bits per heavy atom. The van der Waals surface area contributed by atoms with Gasteiger partial charge in [-0.25, -0.2) is 4.39 Å².